The molecule has 3 heteroatoms. The number of halogens is 1. The summed E-state index contributed by atoms with van der Waals surface area (Å²) in [6.07, 6.45) is 0.407. The maximum absolute atomic E-state index is 12.0. The number of nitrogens with one attached hydrogen (secondary N) is 1. The molecule has 1 N–H and O–H groups in total. The lowest BCUT2D eigenvalue weighted by atomic mass is 10.1. The fourth-order valence-corrected chi connectivity index (χ4v) is 2.17. The van der Waals surface area contributed by atoms with Crippen molar-refractivity contribution in [3.63, 3.8) is 0 Å². The van der Waals surface area contributed by atoms with Gasteiger partial charge < -0.3 is 5.32 Å². The summed E-state index contributed by atoms with van der Waals surface area (Å²) in [5.74, 6) is 0.0404. The van der Waals surface area contributed by atoms with Crippen LogP contribution in [0.15, 0.2) is 59.1 Å². The van der Waals surface area contributed by atoms with Crippen molar-refractivity contribution in [2.75, 3.05) is 0 Å². The van der Waals surface area contributed by atoms with E-state index in [1.807, 2.05) is 61.5 Å². The number of hydrogen-bond donors (Lipinski definition) is 1. The first-order valence-corrected chi connectivity index (χ1v) is 7.03. The molecule has 0 aliphatic heterocycles. The van der Waals surface area contributed by atoms with Gasteiger partial charge in [0.15, 0.2) is 0 Å². The zero-order valence-corrected chi connectivity index (χ0v) is 12.4. The quantitative estimate of drug-likeness (QED) is 0.911. The molecule has 0 heterocycles. The molecule has 0 aliphatic carbocycles. The average Bonchev–Trinajstić information content (AvgIpc) is 2.42. The van der Waals surface area contributed by atoms with E-state index in [2.05, 4.69) is 21.2 Å². The molecule has 98 valence electrons. The van der Waals surface area contributed by atoms with Gasteiger partial charge in [-0.15, -0.1) is 0 Å². The zero-order chi connectivity index (χ0) is 13.7. The Morgan fingerprint density at radius 3 is 2.37 bits per heavy atom. The van der Waals surface area contributed by atoms with Crippen molar-refractivity contribution < 1.29 is 4.79 Å². The molecule has 0 unspecified atom stereocenters. The molecule has 0 saturated carbocycles. The van der Waals surface area contributed by atoms with Gasteiger partial charge in [0.05, 0.1) is 12.5 Å². The van der Waals surface area contributed by atoms with Crippen molar-refractivity contribution in [1.29, 1.82) is 0 Å². The van der Waals surface area contributed by atoms with Crippen molar-refractivity contribution in [3.8, 4) is 0 Å². The van der Waals surface area contributed by atoms with E-state index in [1.54, 1.807) is 0 Å². The second kappa shape index (κ2) is 6.53. The van der Waals surface area contributed by atoms with Crippen LogP contribution < -0.4 is 5.32 Å². The lowest BCUT2D eigenvalue weighted by Gasteiger charge is -2.14. The maximum Gasteiger partial charge on any atom is 0.224 e. The van der Waals surface area contributed by atoms with Crippen LogP contribution in [0.2, 0.25) is 0 Å². The second-order valence-electron chi connectivity index (χ2n) is 4.50. The fraction of sp³-hybridized carbons (Fsp3) is 0.188. The van der Waals surface area contributed by atoms with Gasteiger partial charge in [-0.3, -0.25) is 4.79 Å². The van der Waals surface area contributed by atoms with E-state index in [4.69, 9.17) is 0 Å². The van der Waals surface area contributed by atoms with Gasteiger partial charge in [0, 0.05) is 4.47 Å². The molecule has 19 heavy (non-hydrogen) atoms. The van der Waals surface area contributed by atoms with E-state index in [9.17, 15) is 4.79 Å². The molecular formula is C16H16BrNO. The number of rotatable bonds is 4. The predicted octanol–water partition coefficient (Wildman–Crippen LogP) is 3.87. The maximum atomic E-state index is 12.0. The molecule has 0 bridgehead atoms. The molecule has 1 atom stereocenters. The Morgan fingerprint density at radius 2 is 1.74 bits per heavy atom. The topological polar surface area (TPSA) is 29.1 Å². The largest absolute Gasteiger partial charge is 0.349 e. The summed E-state index contributed by atoms with van der Waals surface area (Å²) < 4.78 is 1.02. The van der Waals surface area contributed by atoms with Crippen LogP contribution in [0.4, 0.5) is 0 Å². The van der Waals surface area contributed by atoms with Crippen LogP contribution in [0.3, 0.4) is 0 Å². The van der Waals surface area contributed by atoms with E-state index >= 15 is 0 Å². The molecule has 0 spiro atoms. The minimum absolute atomic E-state index is 0.0316. The first kappa shape index (κ1) is 13.8. The van der Waals surface area contributed by atoms with Crippen LogP contribution in [0.1, 0.15) is 24.1 Å². The normalized spacial score (nSPS) is 11.9. The van der Waals surface area contributed by atoms with Crippen molar-refractivity contribution in [3.05, 3.63) is 70.2 Å². The van der Waals surface area contributed by atoms with Gasteiger partial charge in [0.25, 0.3) is 0 Å². The summed E-state index contributed by atoms with van der Waals surface area (Å²) in [7, 11) is 0. The van der Waals surface area contributed by atoms with Crippen molar-refractivity contribution in [1.82, 2.24) is 5.32 Å². The summed E-state index contributed by atoms with van der Waals surface area (Å²) >= 11 is 3.38. The third-order valence-electron chi connectivity index (χ3n) is 2.96. The summed E-state index contributed by atoms with van der Waals surface area (Å²) in [5.41, 5.74) is 2.13. The van der Waals surface area contributed by atoms with Gasteiger partial charge in [-0.25, -0.2) is 0 Å². The first-order chi connectivity index (χ1) is 9.15. The van der Waals surface area contributed by atoms with E-state index in [0.29, 0.717) is 6.42 Å². The Balaban J connectivity index is 1.93. The van der Waals surface area contributed by atoms with Gasteiger partial charge in [-0.05, 0) is 30.2 Å². The monoisotopic (exact) mass is 317 g/mol. The number of benzene rings is 2. The minimum Gasteiger partial charge on any atom is -0.349 e. The molecule has 2 aromatic rings. The molecular weight excluding hydrogens is 302 g/mol. The van der Waals surface area contributed by atoms with Crippen LogP contribution in [0.5, 0.6) is 0 Å². The van der Waals surface area contributed by atoms with Crippen LogP contribution in [0.25, 0.3) is 0 Å². The molecule has 0 aliphatic rings. The average molecular weight is 318 g/mol. The van der Waals surface area contributed by atoms with E-state index in [1.165, 1.54) is 0 Å². The number of carbonyl (C=O) groups is 1. The summed E-state index contributed by atoms with van der Waals surface area (Å²) in [6, 6.07) is 17.8. The van der Waals surface area contributed by atoms with Crippen molar-refractivity contribution >= 4 is 21.8 Å². The molecule has 0 aromatic heterocycles. The molecule has 0 saturated heterocycles. The molecule has 1 amide bonds. The van der Waals surface area contributed by atoms with Gasteiger partial charge in [0.1, 0.15) is 0 Å². The minimum atomic E-state index is 0.0316. The second-order valence-corrected chi connectivity index (χ2v) is 5.42. The number of hydrogen-bond acceptors (Lipinski definition) is 1. The van der Waals surface area contributed by atoms with Gasteiger partial charge in [0.2, 0.25) is 5.91 Å². The first-order valence-electron chi connectivity index (χ1n) is 6.24. The summed E-state index contributed by atoms with van der Waals surface area (Å²) in [5, 5.41) is 3.01. The molecule has 2 nitrogen and oxygen atoms in total. The predicted molar refractivity (Wildman–Crippen MR) is 80.8 cm³/mol. The number of carbonyl (C=O) groups excluding carboxylic acids is 1. The highest BCUT2D eigenvalue weighted by molar-refractivity contribution is 9.10. The molecule has 0 radical (unpaired) electrons. The van der Waals surface area contributed by atoms with E-state index in [-0.39, 0.29) is 11.9 Å². The van der Waals surface area contributed by atoms with Crippen LogP contribution >= 0.6 is 15.9 Å². The van der Waals surface area contributed by atoms with Crippen LogP contribution in [-0.2, 0) is 11.2 Å². The van der Waals surface area contributed by atoms with Gasteiger partial charge in [-0.2, -0.15) is 0 Å². The molecule has 2 aromatic carbocycles. The SMILES string of the molecule is C[C@H](NC(=O)Cc1ccc(Br)cc1)c1ccccc1. The number of amides is 1. The van der Waals surface area contributed by atoms with Crippen molar-refractivity contribution in [2.45, 2.75) is 19.4 Å². The molecule has 2 rings (SSSR count). The summed E-state index contributed by atoms with van der Waals surface area (Å²) in [6.45, 7) is 1.99. The highest BCUT2D eigenvalue weighted by atomic mass is 79.9. The highest BCUT2D eigenvalue weighted by Crippen LogP contribution is 2.13. The molecule has 0 fully saturated rings. The Morgan fingerprint density at radius 1 is 1.11 bits per heavy atom. The van der Waals surface area contributed by atoms with Crippen LogP contribution in [0, 0.1) is 0 Å². The lowest BCUT2D eigenvalue weighted by Crippen LogP contribution is -2.28. The van der Waals surface area contributed by atoms with E-state index in [0.717, 1.165) is 15.6 Å². The Kier molecular flexibility index (Phi) is 4.74. The highest BCUT2D eigenvalue weighted by Gasteiger charge is 2.09. The Labute approximate surface area is 122 Å². The lowest BCUT2D eigenvalue weighted by molar-refractivity contribution is -0.121. The smallest absolute Gasteiger partial charge is 0.224 e. The summed E-state index contributed by atoms with van der Waals surface area (Å²) in [4.78, 5) is 12.0. The van der Waals surface area contributed by atoms with E-state index < -0.39 is 0 Å². The third kappa shape index (κ3) is 4.21. The van der Waals surface area contributed by atoms with Gasteiger partial charge in [-0.1, -0.05) is 58.4 Å². The standard InChI is InChI=1S/C16H16BrNO/c1-12(14-5-3-2-4-6-14)18-16(19)11-13-7-9-15(17)10-8-13/h2-10,12H,11H2,1H3,(H,18,19)/t12-/m0/s1. The Hall–Kier alpha value is -1.61. The zero-order valence-electron chi connectivity index (χ0n) is 10.8. The third-order valence-corrected chi connectivity index (χ3v) is 3.48. The Bertz CT molecular complexity index is 536. The van der Waals surface area contributed by atoms with Gasteiger partial charge >= 0.3 is 0 Å². The van der Waals surface area contributed by atoms with Crippen molar-refractivity contribution in [2.24, 2.45) is 0 Å². The fourth-order valence-electron chi connectivity index (χ4n) is 1.91. The van der Waals surface area contributed by atoms with Crippen LogP contribution in [-0.4, -0.2) is 5.91 Å².